The Morgan fingerprint density at radius 2 is 1.95 bits per heavy atom. The van der Waals surface area contributed by atoms with Gasteiger partial charge in [0, 0.05) is 9.45 Å². The third kappa shape index (κ3) is 4.11. The van der Waals surface area contributed by atoms with Crippen LogP contribution in [0.2, 0.25) is 5.02 Å². The molecule has 0 aliphatic heterocycles. The predicted octanol–water partition coefficient (Wildman–Crippen LogP) is 5.04. The summed E-state index contributed by atoms with van der Waals surface area (Å²) in [4.78, 5) is 0. The number of hydrogen-bond acceptors (Lipinski definition) is 2. The van der Waals surface area contributed by atoms with E-state index in [-0.39, 0.29) is 6.10 Å². The van der Waals surface area contributed by atoms with Gasteiger partial charge >= 0.3 is 0 Å². The molecule has 0 heterocycles. The monoisotopic (exact) mass is 402 g/mol. The zero-order valence-corrected chi connectivity index (χ0v) is 14.1. The van der Waals surface area contributed by atoms with Gasteiger partial charge in [0.1, 0.15) is 5.75 Å². The first kappa shape index (κ1) is 15.6. The van der Waals surface area contributed by atoms with E-state index in [1.807, 2.05) is 42.5 Å². The maximum Gasteiger partial charge on any atom is 0.119 e. The number of methoxy groups -OCH3 is 1. The molecule has 0 aliphatic rings. The summed E-state index contributed by atoms with van der Waals surface area (Å²) >= 11 is 8.47. The zero-order chi connectivity index (χ0) is 14.4. The second kappa shape index (κ2) is 7.86. The maximum atomic E-state index is 6.14. The van der Waals surface area contributed by atoms with Crippen molar-refractivity contribution in [3.63, 3.8) is 0 Å². The van der Waals surface area contributed by atoms with Gasteiger partial charge in [-0.1, -0.05) is 64.5 Å². The number of halogens is 2. The van der Waals surface area contributed by atoms with Gasteiger partial charge in [-0.3, -0.25) is 0 Å². The minimum absolute atomic E-state index is 0.0296. The first-order valence-electron chi connectivity index (χ1n) is 6.29. The van der Waals surface area contributed by atoms with Crippen LogP contribution in [0.1, 0.15) is 17.2 Å². The molecule has 4 heteroatoms. The van der Waals surface area contributed by atoms with Gasteiger partial charge in [-0.2, -0.15) is 0 Å². The predicted molar refractivity (Wildman–Crippen MR) is 90.9 cm³/mol. The molecule has 2 nitrogen and oxygen atoms in total. The number of benzene rings is 2. The standard InChI is InChI=1S/C16H16ClIO2/c1-19-14-7-4-6-12(9-14)16(10-18)20-11-13-5-2-3-8-15(13)17/h2-9,16H,10-11H2,1H3. The Bertz CT molecular complexity index is 560. The van der Waals surface area contributed by atoms with Gasteiger partial charge in [-0.05, 0) is 29.3 Å². The average Bonchev–Trinajstić information content (AvgIpc) is 2.50. The molecule has 0 saturated carbocycles. The third-order valence-electron chi connectivity index (χ3n) is 3.00. The molecule has 0 radical (unpaired) electrons. The van der Waals surface area contributed by atoms with Crippen molar-refractivity contribution < 1.29 is 9.47 Å². The van der Waals surface area contributed by atoms with Gasteiger partial charge in [-0.25, -0.2) is 0 Å². The van der Waals surface area contributed by atoms with Crippen molar-refractivity contribution >= 4 is 34.2 Å². The topological polar surface area (TPSA) is 18.5 Å². The van der Waals surface area contributed by atoms with E-state index in [2.05, 4.69) is 28.7 Å². The molecule has 20 heavy (non-hydrogen) atoms. The van der Waals surface area contributed by atoms with E-state index in [9.17, 15) is 0 Å². The van der Waals surface area contributed by atoms with Crippen molar-refractivity contribution in [3.05, 3.63) is 64.7 Å². The zero-order valence-electron chi connectivity index (χ0n) is 11.2. The third-order valence-corrected chi connectivity index (χ3v) is 4.17. The molecule has 0 aromatic heterocycles. The summed E-state index contributed by atoms with van der Waals surface area (Å²) in [5, 5.41) is 0.741. The number of hydrogen-bond donors (Lipinski definition) is 0. The highest BCUT2D eigenvalue weighted by Crippen LogP contribution is 2.26. The van der Waals surface area contributed by atoms with E-state index in [1.54, 1.807) is 7.11 Å². The van der Waals surface area contributed by atoms with Crippen LogP contribution in [-0.4, -0.2) is 11.5 Å². The normalized spacial score (nSPS) is 12.2. The summed E-state index contributed by atoms with van der Waals surface area (Å²) in [7, 11) is 1.67. The van der Waals surface area contributed by atoms with Gasteiger partial charge in [0.25, 0.3) is 0 Å². The van der Waals surface area contributed by atoms with E-state index in [1.165, 1.54) is 0 Å². The lowest BCUT2D eigenvalue weighted by Gasteiger charge is -2.17. The van der Waals surface area contributed by atoms with E-state index in [0.717, 1.165) is 26.3 Å². The van der Waals surface area contributed by atoms with Crippen molar-refractivity contribution in [2.24, 2.45) is 0 Å². The SMILES string of the molecule is COc1cccc(C(CI)OCc2ccccc2Cl)c1. The highest BCUT2D eigenvalue weighted by Gasteiger charge is 2.12. The van der Waals surface area contributed by atoms with E-state index in [4.69, 9.17) is 21.1 Å². The lowest BCUT2D eigenvalue weighted by molar-refractivity contribution is 0.0576. The van der Waals surface area contributed by atoms with Crippen LogP contribution in [0.15, 0.2) is 48.5 Å². The minimum atomic E-state index is 0.0296. The highest BCUT2D eigenvalue weighted by molar-refractivity contribution is 14.1. The van der Waals surface area contributed by atoms with Gasteiger partial charge in [0.2, 0.25) is 0 Å². The fourth-order valence-electron chi connectivity index (χ4n) is 1.88. The Morgan fingerprint density at radius 1 is 1.15 bits per heavy atom. The van der Waals surface area contributed by atoms with Gasteiger partial charge < -0.3 is 9.47 Å². The summed E-state index contributed by atoms with van der Waals surface area (Å²) in [5.41, 5.74) is 2.12. The molecular formula is C16H16ClIO2. The van der Waals surface area contributed by atoms with E-state index < -0.39 is 0 Å². The molecule has 0 saturated heterocycles. The lowest BCUT2D eigenvalue weighted by atomic mass is 10.1. The van der Waals surface area contributed by atoms with Crippen LogP contribution in [0.25, 0.3) is 0 Å². The minimum Gasteiger partial charge on any atom is -0.497 e. The second-order valence-corrected chi connectivity index (χ2v) is 5.61. The Morgan fingerprint density at radius 3 is 2.65 bits per heavy atom. The summed E-state index contributed by atoms with van der Waals surface area (Å²) in [5.74, 6) is 0.846. The van der Waals surface area contributed by atoms with E-state index in [0.29, 0.717) is 6.61 Å². The van der Waals surface area contributed by atoms with Crippen LogP contribution in [-0.2, 0) is 11.3 Å². The van der Waals surface area contributed by atoms with Crippen molar-refractivity contribution in [3.8, 4) is 5.75 Å². The van der Waals surface area contributed by atoms with Crippen molar-refractivity contribution in [2.75, 3.05) is 11.5 Å². The molecule has 106 valence electrons. The molecule has 0 N–H and O–H groups in total. The van der Waals surface area contributed by atoms with Crippen LogP contribution in [0.5, 0.6) is 5.75 Å². The molecule has 2 aromatic carbocycles. The molecule has 2 rings (SSSR count). The molecular weight excluding hydrogens is 387 g/mol. The average molecular weight is 403 g/mol. The van der Waals surface area contributed by atoms with Gasteiger partial charge in [0.05, 0.1) is 19.8 Å². The Kier molecular flexibility index (Phi) is 6.13. The molecule has 2 aromatic rings. The lowest BCUT2D eigenvalue weighted by Crippen LogP contribution is -2.06. The Hall–Kier alpha value is -0.780. The Balaban J connectivity index is 2.07. The van der Waals surface area contributed by atoms with Crippen molar-refractivity contribution in [2.45, 2.75) is 12.7 Å². The highest BCUT2D eigenvalue weighted by atomic mass is 127. The van der Waals surface area contributed by atoms with Crippen LogP contribution in [0.3, 0.4) is 0 Å². The van der Waals surface area contributed by atoms with Crippen LogP contribution in [0, 0.1) is 0 Å². The number of rotatable bonds is 6. The number of ether oxygens (including phenoxy) is 2. The molecule has 0 fully saturated rings. The van der Waals surface area contributed by atoms with Crippen molar-refractivity contribution in [1.82, 2.24) is 0 Å². The molecule has 1 atom stereocenters. The van der Waals surface area contributed by atoms with Crippen LogP contribution in [0.4, 0.5) is 0 Å². The van der Waals surface area contributed by atoms with Crippen molar-refractivity contribution in [1.29, 1.82) is 0 Å². The fourth-order valence-corrected chi connectivity index (χ4v) is 2.83. The van der Waals surface area contributed by atoms with Crippen LogP contribution >= 0.6 is 34.2 Å². The quantitative estimate of drug-likeness (QED) is 0.498. The molecule has 0 amide bonds. The maximum absolute atomic E-state index is 6.14. The number of alkyl halides is 1. The van der Waals surface area contributed by atoms with Gasteiger partial charge in [-0.15, -0.1) is 0 Å². The first-order valence-corrected chi connectivity index (χ1v) is 8.20. The molecule has 0 aliphatic carbocycles. The summed E-state index contributed by atoms with van der Waals surface area (Å²) in [6.07, 6.45) is 0.0296. The second-order valence-electron chi connectivity index (χ2n) is 4.32. The van der Waals surface area contributed by atoms with Crippen LogP contribution < -0.4 is 4.74 Å². The Labute approximate surface area is 138 Å². The molecule has 1 unspecified atom stereocenters. The van der Waals surface area contributed by atoms with Gasteiger partial charge in [0.15, 0.2) is 0 Å². The largest absolute Gasteiger partial charge is 0.497 e. The molecule has 0 spiro atoms. The summed E-state index contributed by atoms with van der Waals surface area (Å²) in [6.45, 7) is 0.505. The fraction of sp³-hybridized carbons (Fsp3) is 0.250. The van der Waals surface area contributed by atoms with E-state index >= 15 is 0 Å². The summed E-state index contributed by atoms with van der Waals surface area (Å²) < 4.78 is 12.1. The summed E-state index contributed by atoms with van der Waals surface area (Å²) in [6, 6.07) is 15.7. The molecule has 0 bridgehead atoms. The first-order chi connectivity index (χ1) is 9.74. The smallest absolute Gasteiger partial charge is 0.119 e.